The highest BCUT2D eigenvalue weighted by Gasteiger charge is 2.20. The van der Waals surface area contributed by atoms with Crippen molar-refractivity contribution in [1.82, 2.24) is 9.71 Å². The van der Waals surface area contributed by atoms with E-state index in [1.807, 2.05) is 33.9 Å². The minimum absolute atomic E-state index is 0.0289. The molecule has 0 saturated heterocycles. The number of anilines is 1. The first-order chi connectivity index (χ1) is 17.7. The van der Waals surface area contributed by atoms with Crippen molar-refractivity contribution in [1.29, 1.82) is 5.26 Å². The molecule has 0 radical (unpaired) electrons. The lowest BCUT2D eigenvalue weighted by molar-refractivity contribution is -0.119. The van der Waals surface area contributed by atoms with Crippen molar-refractivity contribution >= 4 is 43.7 Å². The second-order valence-corrected chi connectivity index (χ2v) is 12.3. The molecule has 2 aromatic heterocycles. The van der Waals surface area contributed by atoms with Crippen LogP contribution in [0.1, 0.15) is 42.2 Å². The molecule has 0 spiro atoms. The van der Waals surface area contributed by atoms with Gasteiger partial charge in [-0.3, -0.25) is 4.79 Å². The van der Waals surface area contributed by atoms with Gasteiger partial charge in [-0.05, 0) is 47.2 Å². The molecule has 37 heavy (non-hydrogen) atoms. The Balaban J connectivity index is 1.46. The Hall–Kier alpha value is -3.52. The Bertz CT molecular complexity index is 1490. The molecule has 0 fully saturated rings. The zero-order chi connectivity index (χ0) is 26.4. The summed E-state index contributed by atoms with van der Waals surface area (Å²) in [5.41, 5.74) is 3.49. The molecule has 7 nitrogen and oxygen atoms in total. The number of sulfonamides is 1. The number of hydrogen-bond donors (Lipinski definition) is 1. The van der Waals surface area contributed by atoms with Crippen LogP contribution in [-0.2, 0) is 21.4 Å². The van der Waals surface area contributed by atoms with Gasteiger partial charge in [0.05, 0.1) is 28.8 Å². The number of nitrogens with zero attached hydrogens (tertiary/aromatic N) is 3. The zero-order valence-corrected chi connectivity index (χ0v) is 22.9. The Labute approximate surface area is 225 Å². The molecule has 2 heterocycles. The molecule has 4 aromatic rings. The summed E-state index contributed by atoms with van der Waals surface area (Å²) in [5.74, 6) is -0.158. The minimum Gasteiger partial charge on any atom is -0.342 e. The SMILES string of the molecule is CC(C)c1ccc(-c2csc(N(CCC(=O)NS(=O)(=O)c3ccc(C#N)cc3)Cc3cccs3)n2)cc1. The Morgan fingerprint density at radius 3 is 2.43 bits per heavy atom. The van der Waals surface area contributed by atoms with Crippen LogP contribution in [0.15, 0.2) is 76.3 Å². The molecule has 0 saturated carbocycles. The first-order valence-electron chi connectivity index (χ1n) is 11.6. The summed E-state index contributed by atoms with van der Waals surface area (Å²) < 4.78 is 27.3. The van der Waals surface area contributed by atoms with Crippen LogP contribution in [0.2, 0.25) is 0 Å². The first kappa shape index (κ1) is 26.5. The van der Waals surface area contributed by atoms with Gasteiger partial charge in [0.2, 0.25) is 5.91 Å². The maximum Gasteiger partial charge on any atom is 0.264 e. The van der Waals surface area contributed by atoms with Crippen molar-refractivity contribution < 1.29 is 13.2 Å². The summed E-state index contributed by atoms with van der Waals surface area (Å²) in [6.07, 6.45) is -0.0289. The summed E-state index contributed by atoms with van der Waals surface area (Å²) in [5, 5.41) is 13.7. The summed E-state index contributed by atoms with van der Waals surface area (Å²) in [4.78, 5) is 20.5. The monoisotopic (exact) mass is 550 g/mol. The van der Waals surface area contributed by atoms with Gasteiger partial charge in [0.1, 0.15) is 0 Å². The number of nitriles is 1. The second kappa shape index (κ2) is 11.7. The normalized spacial score (nSPS) is 11.3. The molecule has 0 aliphatic heterocycles. The van der Waals surface area contributed by atoms with Crippen molar-refractivity contribution in [3.8, 4) is 17.3 Å². The van der Waals surface area contributed by atoms with Crippen LogP contribution >= 0.6 is 22.7 Å². The number of amides is 1. The van der Waals surface area contributed by atoms with Gasteiger partial charge >= 0.3 is 0 Å². The first-order valence-corrected chi connectivity index (χ1v) is 14.9. The highest BCUT2D eigenvalue weighted by molar-refractivity contribution is 7.90. The maximum absolute atomic E-state index is 12.6. The van der Waals surface area contributed by atoms with E-state index in [-0.39, 0.29) is 11.3 Å². The Morgan fingerprint density at radius 1 is 1.08 bits per heavy atom. The van der Waals surface area contributed by atoms with E-state index in [1.54, 1.807) is 11.3 Å². The second-order valence-electron chi connectivity index (χ2n) is 8.71. The van der Waals surface area contributed by atoms with Crippen molar-refractivity contribution in [2.45, 2.75) is 37.6 Å². The van der Waals surface area contributed by atoms with Crippen LogP contribution in [0.5, 0.6) is 0 Å². The number of carbonyl (C=O) groups excluding carboxylic acids is 1. The van der Waals surface area contributed by atoms with Gasteiger partial charge in [-0.25, -0.2) is 18.1 Å². The fourth-order valence-corrected chi connectivity index (χ4v) is 6.21. The van der Waals surface area contributed by atoms with Gasteiger partial charge in [0.25, 0.3) is 10.0 Å². The van der Waals surface area contributed by atoms with Crippen LogP contribution in [0.4, 0.5) is 5.13 Å². The quantitative estimate of drug-likeness (QED) is 0.269. The molecule has 0 aliphatic rings. The molecule has 190 valence electrons. The van der Waals surface area contributed by atoms with Gasteiger partial charge < -0.3 is 4.90 Å². The van der Waals surface area contributed by atoms with E-state index in [0.29, 0.717) is 24.6 Å². The Morgan fingerprint density at radius 2 is 1.81 bits per heavy atom. The number of benzene rings is 2. The van der Waals surface area contributed by atoms with E-state index in [0.717, 1.165) is 21.3 Å². The predicted molar refractivity (Wildman–Crippen MR) is 148 cm³/mol. The number of carbonyl (C=O) groups is 1. The minimum atomic E-state index is -4.03. The molecule has 10 heteroatoms. The summed E-state index contributed by atoms with van der Waals surface area (Å²) in [6.45, 7) is 5.17. The van der Waals surface area contributed by atoms with Crippen LogP contribution in [0.25, 0.3) is 11.3 Å². The fraction of sp³-hybridized carbons (Fsp3) is 0.222. The lowest BCUT2D eigenvalue weighted by Crippen LogP contribution is -2.34. The maximum atomic E-state index is 12.6. The third kappa shape index (κ3) is 6.83. The average Bonchev–Trinajstić information content (AvgIpc) is 3.59. The third-order valence-corrected chi connectivity index (χ3v) is 8.86. The standard InChI is InChI=1S/C27H26N4O3S3/c1-19(2)21-7-9-22(10-8-21)25-18-36-27(29-25)31(17-23-4-3-15-35-23)14-13-26(32)30-37(33,34)24-11-5-20(16-28)6-12-24/h3-12,15,18-19H,13-14,17H2,1-2H3,(H,30,32). The smallest absolute Gasteiger partial charge is 0.264 e. The molecule has 2 aromatic carbocycles. The molecule has 0 unspecified atom stereocenters. The number of thiophene rings is 1. The predicted octanol–water partition coefficient (Wildman–Crippen LogP) is 5.77. The van der Waals surface area contributed by atoms with Crippen molar-refractivity contribution in [3.63, 3.8) is 0 Å². The van der Waals surface area contributed by atoms with Crippen LogP contribution < -0.4 is 9.62 Å². The Kier molecular flexibility index (Phi) is 8.38. The highest BCUT2D eigenvalue weighted by atomic mass is 32.2. The molecule has 1 N–H and O–H groups in total. The van der Waals surface area contributed by atoms with Crippen LogP contribution in [0, 0.1) is 11.3 Å². The van der Waals surface area contributed by atoms with E-state index in [4.69, 9.17) is 10.2 Å². The van der Waals surface area contributed by atoms with E-state index in [2.05, 4.69) is 42.8 Å². The number of nitrogens with one attached hydrogen (secondary N) is 1. The van der Waals surface area contributed by atoms with E-state index in [1.165, 1.54) is 41.2 Å². The lowest BCUT2D eigenvalue weighted by Gasteiger charge is -2.21. The third-order valence-electron chi connectivity index (χ3n) is 5.71. The number of aromatic nitrogens is 1. The van der Waals surface area contributed by atoms with Gasteiger partial charge in [0.15, 0.2) is 5.13 Å². The fourth-order valence-electron chi connectivity index (χ4n) is 3.62. The molecular formula is C27H26N4O3S3. The highest BCUT2D eigenvalue weighted by Crippen LogP contribution is 2.30. The van der Waals surface area contributed by atoms with Gasteiger partial charge in [-0.1, -0.05) is 44.2 Å². The number of thiazole rings is 1. The van der Waals surface area contributed by atoms with Gasteiger partial charge in [0, 0.05) is 28.8 Å². The topological polar surface area (TPSA) is 103 Å². The van der Waals surface area contributed by atoms with Crippen molar-refractivity contribution in [3.05, 3.63) is 87.4 Å². The summed E-state index contributed by atoms with van der Waals surface area (Å²) >= 11 is 3.11. The largest absolute Gasteiger partial charge is 0.342 e. The molecule has 0 aliphatic carbocycles. The summed E-state index contributed by atoms with van der Waals surface area (Å²) in [7, 11) is -4.03. The molecule has 0 bridgehead atoms. The van der Waals surface area contributed by atoms with E-state index in [9.17, 15) is 13.2 Å². The lowest BCUT2D eigenvalue weighted by atomic mass is 10.0. The molecular weight excluding hydrogens is 525 g/mol. The molecule has 4 rings (SSSR count). The van der Waals surface area contributed by atoms with Crippen molar-refractivity contribution in [2.75, 3.05) is 11.4 Å². The number of rotatable bonds is 10. The van der Waals surface area contributed by atoms with Gasteiger partial charge in [-0.15, -0.1) is 22.7 Å². The van der Waals surface area contributed by atoms with Crippen molar-refractivity contribution in [2.24, 2.45) is 0 Å². The number of hydrogen-bond acceptors (Lipinski definition) is 8. The zero-order valence-electron chi connectivity index (χ0n) is 20.4. The van der Waals surface area contributed by atoms with E-state index < -0.39 is 15.9 Å². The molecule has 1 amide bonds. The van der Waals surface area contributed by atoms with Crippen LogP contribution in [0.3, 0.4) is 0 Å². The molecule has 0 atom stereocenters. The summed E-state index contributed by atoms with van der Waals surface area (Å²) in [6, 6.07) is 19.7. The van der Waals surface area contributed by atoms with Crippen LogP contribution in [-0.4, -0.2) is 25.9 Å². The average molecular weight is 551 g/mol. The van der Waals surface area contributed by atoms with E-state index >= 15 is 0 Å². The van der Waals surface area contributed by atoms with Gasteiger partial charge in [-0.2, -0.15) is 5.26 Å².